The molecule has 1 fully saturated rings. The monoisotopic (exact) mass is 550 g/mol. The number of nitrogens with zero attached hydrogens (tertiary/aromatic N) is 3. The van der Waals surface area contributed by atoms with E-state index in [1.165, 1.54) is 21.0 Å². The second-order valence-electron chi connectivity index (χ2n) is 8.77. The molecule has 38 heavy (non-hydrogen) atoms. The van der Waals surface area contributed by atoms with E-state index in [-0.39, 0.29) is 35.2 Å². The van der Waals surface area contributed by atoms with E-state index in [4.69, 9.17) is 4.74 Å². The number of fused-ring (bicyclic) bond motifs is 1. The molecule has 0 saturated carbocycles. The molecule has 1 aromatic heterocycles. The van der Waals surface area contributed by atoms with Crippen LogP contribution in [0.4, 0.5) is 5.69 Å². The molecule has 1 aliphatic rings. The quantitative estimate of drug-likeness (QED) is 0.277. The van der Waals surface area contributed by atoms with Crippen LogP contribution >= 0.6 is 11.8 Å². The number of nitrogens with one attached hydrogen (secondary N) is 1. The Kier molecular flexibility index (Phi) is 7.61. The van der Waals surface area contributed by atoms with Crippen LogP contribution in [-0.4, -0.2) is 60.2 Å². The second kappa shape index (κ2) is 11.1. The summed E-state index contributed by atoms with van der Waals surface area (Å²) in [6, 6.07) is 20.8. The maximum absolute atomic E-state index is 13.4. The lowest BCUT2D eigenvalue weighted by Gasteiger charge is -2.26. The molecule has 4 aromatic rings. The van der Waals surface area contributed by atoms with Gasteiger partial charge in [-0.1, -0.05) is 47.7 Å². The third-order valence-corrected chi connectivity index (χ3v) is 8.93. The third-order valence-electron chi connectivity index (χ3n) is 6.10. The summed E-state index contributed by atoms with van der Waals surface area (Å²) in [6.45, 7) is 3.24. The highest BCUT2D eigenvalue weighted by Crippen LogP contribution is 2.23. The highest BCUT2D eigenvalue weighted by molar-refractivity contribution is 7.99. The largest absolute Gasteiger partial charge is 0.379 e. The number of carbonyl (C=O) groups is 1. The van der Waals surface area contributed by atoms with Gasteiger partial charge in [-0.15, -0.1) is 0 Å². The molecule has 1 amide bonds. The van der Waals surface area contributed by atoms with Crippen molar-refractivity contribution in [1.29, 1.82) is 0 Å². The van der Waals surface area contributed by atoms with Crippen LogP contribution in [0.2, 0.25) is 0 Å². The van der Waals surface area contributed by atoms with Gasteiger partial charge < -0.3 is 10.1 Å². The number of morpholine rings is 1. The first-order valence-corrected chi connectivity index (χ1v) is 14.4. The van der Waals surface area contributed by atoms with Crippen molar-refractivity contribution in [1.82, 2.24) is 13.9 Å². The van der Waals surface area contributed by atoms with Crippen LogP contribution in [0.15, 0.2) is 87.6 Å². The van der Waals surface area contributed by atoms with Gasteiger partial charge in [0.1, 0.15) is 0 Å². The van der Waals surface area contributed by atoms with Gasteiger partial charge in [-0.25, -0.2) is 13.4 Å². The second-order valence-corrected chi connectivity index (χ2v) is 11.6. The van der Waals surface area contributed by atoms with Gasteiger partial charge in [-0.3, -0.25) is 14.2 Å². The normalized spacial score (nSPS) is 14.4. The molecule has 5 rings (SSSR count). The summed E-state index contributed by atoms with van der Waals surface area (Å²) in [5.74, 6) is -0.384. The summed E-state index contributed by atoms with van der Waals surface area (Å²) in [5.41, 5.74) is 2.41. The minimum Gasteiger partial charge on any atom is -0.379 e. The number of carbonyl (C=O) groups excluding carboxylic acids is 1. The number of hydrogen-bond acceptors (Lipinski definition) is 7. The lowest BCUT2D eigenvalue weighted by Crippen LogP contribution is -2.40. The molecule has 0 bridgehead atoms. The SMILES string of the molecule is Cc1ccc(-n2c(SCC(=O)Nc3cccc(S(=O)(=O)N4CCOCC4)c3)nc3ccccc3c2=O)cc1. The molecular formula is C27H26N4O5S2. The molecule has 1 N–H and O–H groups in total. The maximum atomic E-state index is 13.4. The molecular weight excluding hydrogens is 524 g/mol. The third kappa shape index (κ3) is 5.51. The molecule has 0 atom stereocenters. The fourth-order valence-corrected chi connectivity index (χ4v) is 6.40. The number of benzene rings is 3. The van der Waals surface area contributed by atoms with E-state index in [1.54, 1.807) is 30.3 Å². The Balaban J connectivity index is 1.37. The van der Waals surface area contributed by atoms with Crippen molar-refractivity contribution in [3.05, 3.63) is 88.7 Å². The maximum Gasteiger partial charge on any atom is 0.266 e. The predicted octanol–water partition coefficient (Wildman–Crippen LogP) is 3.45. The Hall–Kier alpha value is -3.51. The van der Waals surface area contributed by atoms with E-state index in [2.05, 4.69) is 10.3 Å². The molecule has 196 valence electrons. The van der Waals surface area contributed by atoms with E-state index in [0.717, 1.165) is 17.3 Å². The van der Waals surface area contributed by atoms with Gasteiger partial charge in [0.2, 0.25) is 15.9 Å². The summed E-state index contributed by atoms with van der Waals surface area (Å²) in [7, 11) is -3.69. The van der Waals surface area contributed by atoms with Crippen LogP contribution < -0.4 is 10.9 Å². The highest BCUT2D eigenvalue weighted by Gasteiger charge is 2.26. The molecule has 0 unspecified atom stereocenters. The minimum atomic E-state index is -3.69. The van der Waals surface area contributed by atoms with Gasteiger partial charge in [-0.2, -0.15) is 4.31 Å². The Morgan fingerprint density at radius 1 is 1.03 bits per heavy atom. The van der Waals surface area contributed by atoms with Crippen LogP contribution in [0.1, 0.15) is 5.56 Å². The Morgan fingerprint density at radius 3 is 2.53 bits per heavy atom. The lowest BCUT2D eigenvalue weighted by molar-refractivity contribution is -0.113. The molecule has 11 heteroatoms. The standard InChI is InChI=1S/C27H26N4O5S2/c1-19-9-11-21(12-10-19)31-26(33)23-7-2-3-8-24(23)29-27(31)37-18-25(32)28-20-5-4-6-22(17-20)38(34,35)30-13-15-36-16-14-30/h2-12,17H,13-16,18H2,1H3,(H,28,32). The van der Waals surface area contributed by atoms with Gasteiger partial charge in [0.15, 0.2) is 5.16 Å². The van der Waals surface area contributed by atoms with Crippen LogP contribution in [0, 0.1) is 6.92 Å². The molecule has 1 saturated heterocycles. The van der Waals surface area contributed by atoms with Crippen molar-refractivity contribution in [3.63, 3.8) is 0 Å². The number of anilines is 1. The lowest BCUT2D eigenvalue weighted by atomic mass is 10.2. The smallest absolute Gasteiger partial charge is 0.266 e. The van der Waals surface area contributed by atoms with Crippen molar-refractivity contribution in [2.45, 2.75) is 17.0 Å². The van der Waals surface area contributed by atoms with Gasteiger partial charge in [0.25, 0.3) is 5.56 Å². The predicted molar refractivity (Wildman–Crippen MR) is 147 cm³/mol. The number of thioether (sulfide) groups is 1. The van der Waals surface area contributed by atoms with Crippen LogP contribution in [0.25, 0.3) is 16.6 Å². The highest BCUT2D eigenvalue weighted by atomic mass is 32.2. The summed E-state index contributed by atoms with van der Waals surface area (Å²) in [4.78, 5) is 31.0. The van der Waals surface area contributed by atoms with Crippen molar-refractivity contribution < 1.29 is 17.9 Å². The number of para-hydroxylation sites is 1. The first-order chi connectivity index (χ1) is 18.3. The number of amides is 1. The fraction of sp³-hybridized carbons (Fsp3) is 0.222. The van der Waals surface area contributed by atoms with Crippen molar-refractivity contribution in [2.75, 3.05) is 37.4 Å². The summed E-state index contributed by atoms with van der Waals surface area (Å²) < 4.78 is 34.1. The summed E-state index contributed by atoms with van der Waals surface area (Å²) in [5, 5.41) is 3.64. The summed E-state index contributed by atoms with van der Waals surface area (Å²) in [6.07, 6.45) is 0. The van der Waals surface area contributed by atoms with Crippen LogP contribution in [0.5, 0.6) is 0 Å². The topological polar surface area (TPSA) is 111 Å². The first kappa shape index (κ1) is 26.1. The molecule has 1 aliphatic heterocycles. The molecule has 0 radical (unpaired) electrons. The molecule has 9 nitrogen and oxygen atoms in total. The Morgan fingerprint density at radius 2 is 1.76 bits per heavy atom. The number of sulfonamides is 1. The van der Waals surface area contributed by atoms with Gasteiger partial charge in [-0.05, 0) is 49.4 Å². The molecule has 0 aliphatic carbocycles. The van der Waals surface area contributed by atoms with Crippen LogP contribution in [-0.2, 0) is 19.6 Å². The number of rotatable bonds is 7. The van der Waals surface area contributed by atoms with Crippen molar-refractivity contribution in [3.8, 4) is 5.69 Å². The van der Waals surface area contributed by atoms with Gasteiger partial charge in [0.05, 0.1) is 40.5 Å². The van der Waals surface area contributed by atoms with E-state index in [0.29, 0.717) is 40.6 Å². The molecule has 0 spiro atoms. The van der Waals surface area contributed by atoms with E-state index in [9.17, 15) is 18.0 Å². The minimum absolute atomic E-state index is 0.0307. The number of aromatic nitrogens is 2. The average molecular weight is 551 g/mol. The van der Waals surface area contributed by atoms with E-state index < -0.39 is 10.0 Å². The zero-order chi connectivity index (χ0) is 26.7. The Bertz CT molecular complexity index is 1650. The van der Waals surface area contributed by atoms with Gasteiger partial charge in [0, 0.05) is 18.8 Å². The van der Waals surface area contributed by atoms with Crippen molar-refractivity contribution >= 4 is 44.3 Å². The van der Waals surface area contributed by atoms with E-state index in [1.807, 2.05) is 37.3 Å². The number of hydrogen-bond donors (Lipinski definition) is 1. The summed E-state index contributed by atoms with van der Waals surface area (Å²) >= 11 is 1.13. The Labute approximate surface area is 224 Å². The fourth-order valence-electron chi connectivity index (χ4n) is 4.13. The molecule has 2 heterocycles. The van der Waals surface area contributed by atoms with Gasteiger partial charge >= 0.3 is 0 Å². The number of aryl methyl sites for hydroxylation is 1. The zero-order valence-corrected chi connectivity index (χ0v) is 22.3. The molecule has 3 aromatic carbocycles. The van der Waals surface area contributed by atoms with E-state index >= 15 is 0 Å². The average Bonchev–Trinajstić information content (AvgIpc) is 2.93. The number of ether oxygens (including phenoxy) is 1. The zero-order valence-electron chi connectivity index (χ0n) is 20.7. The first-order valence-electron chi connectivity index (χ1n) is 12.0. The van der Waals surface area contributed by atoms with Crippen molar-refractivity contribution in [2.24, 2.45) is 0 Å². The van der Waals surface area contributed by atoms with Crippen LogP contribution in [0.3, 0.4) is 0 Å².